The molecule has 2 rings (SSSR count). The zero-order valence-electron chi connectivity index (χ0n) is 12.2. The van der Waals surface area contributed by atoms with Crippen LogP contribution in [0.15, 0.2) is 21.9 Å². The van der Waals surface area contributed by atoms with Crippen LogP contribution in [0.1, 0.15) is 44.0 Å². The number of hydrogen-bond acceptors (Lipinski definition) is 4. The van der Waals surface area contributed by atoms with Crippen LogP contribution in [0.5, 0.6) is 0 Å². The van der Waals surface area contributed by atoms with Crippen molar-refractivity contribution in [3.05, 3.63) is 45.0 Å². The lowest BCUT2D eigenvalue weighted by molar-refractivity contribution is 0.0693. The van der Waals surface area contributed by atoms with E-state index in [1.165, 1.54) is 11.0 Å². The van der Waals surface area contributed by atoms with Gasteiger partial charge < -0.3 is 14.4 Å². The molecule has 0 fully saturated rings. The number of amides is 1. The fourth-order valence-corrected chi connectivity index (χ4v) is 2.98. The third kappa shape index (κ3) is 3.16. The highest BCUT2D eigenvalue weighted by atomic mass is 32.1. The van der Waals surface area contributed by atoms with Crippen molar-refractivity contribution in [2.45, 2.75) is 26.8 Å². The molecule has 1 N–H and O–H groups in total. The van der Waals surface area contributed by atoms with Gasteiger partial charge in [0, 0.05) is 24.4 Å². The maximum Gasteiger partial charge on any atom is 0.339 e. The van der Waals surface area contributed by atoms with Gasteiger partial charge in [0.15, 0.2) is 5.76 Å². The molecule has 0 unspecified atom stereocenters. The van der Waals surface area contributed by atoms with Crippen molar-refractivity contribution in [3.8, 4) is 0 Å². The van der Waals surface area contributed by atoms with Crippen molar-refractivity contribution in [3.63, 3.8) is 0 Å². The number of nitrogens with zero attached hydrogens (tertiary/aromatic N) is 1. The highest BCUT2D eigenvalue weighted by molar-refractivity contribution is 7.10. The number of carboxylic acids is 1. The van der Waals surface area contributed by atoms with Crippen LogP contribution in [0.25, 0.3) is 0 Å². The summed E-state index contributed by atoms with van der Waals surface area (Å²) in [5.74, 6) is -0.996. The molecule has 0 aliphatic heterocycles. The Labute approximate surface area is 126 Å². The Morgan fingerprint density at radius 3 is 2.62 bits per heavy atom. The highest BCUT2D eigenvalue weighted by Gasteiger charge is 2.22. The zero-order valence-corrected chi connectivity index (χ0v) is 13.0. The average Bonchev–Trinajstić information content (AvgIpc) is 3.04. The van der Waals surface area contributed by atoms with E-state index in [1.807, 2.05) is 18.4 Å². The summed E-state index contributed by atoms with van der Waals surface area (Å²) in [6.45, 7) is 4.26. The lowest BCUT2D eigenvalue weighted by Gasteiger charge is -2.15. The van der Waals surface area contributed by atoms with Gasteiger partial charge >= 0.3 is 5.97 Å². The summed E-state index contributed by atoms with van der Waals surface area (Å²) in [4.78, 5) is 26.1. The fraction of sp³-hybridized carbons (Fsp3) is 0.333. The number of aryl methyl sites for hydroxylation is 2. The van der Waals surface area contributed by atoms with Crippen LogP contribution < -0.4 is 0 Å². The summed E-state index contributed by atoms with van der Waals surface area (Å²) in [6, 6.07) is 3.31. The first-order chi connectivity index (χ1) is 9.93. The molecule has 1 amide bonds. The van der Waals surface area contributed by atoms with Crippen LogP contribution >= 0.6 is 11.3 Å². The van der Waals surface area contributed by atoms with Crippen molar-refractivity contribution in [1.82, 2.24) is 4.90 Å². The van der Waals surface area contributed by atoms with E-state index in [0.717, 1.165) is 10.4 Å². The van der Waals surface area contributed by atoms with Gasteiger partial charge in [0.1, 0.15) is 11.3 Å². The maximum atomic E-state index is 12.3. The van der Waals surface area contributed by atoms with Gasteiger partial charge in [0.05, 0.1) is 6.54 Å². The molecule has 5 nitrogen and oxygen atoms in total. The quantitative estimate of drug-likeness (QED) is 0.921. The van der Waals surface area contributed by atoms with E-state index in [0.29, 0.717) is 18.7 Å². The number of rotatable bonds is 5. The van der Waals surface area contributed by atoms with E-state index in [2.05, 4.69) is 0 Å². The monoisotopic (exact) mass is 307 g/mol. The number of thiophene rings is 1. The van der Waals surface area contributed by atoms with Gasteiger partial charge in [-0.3, -0.25) is 4.79 Å². The molecule has 0 atom stereocenters. The largest absolute Gasteiger partial charge is 0.478 e. The van der Waals surface area contributed by atoms with Gasteiger partial charge in [-0.25, -0.2) is 4.79 Å². The minimum absolute atomic E-state index is 0.0570. The summed E-state index contributed by atoms with van der Waals surface area (Å²) in [5, 5.41) is 11.1. The lowest BCUT2D eigenvalue weighted by Crippen LogP contribution is -2.25. The number of furan rings is 1. The Morgan fingerprint density at radius 2 is 2.14 bits per heavy atom. The van der Waals surface area contributed by atoms with Crippen LogP contribution in [0.2, 0.25) is 0 Å². The Morgan fingerprint density at radius 1 is 1.43 bits per heavy atom. The number of carboxylic acid groups (broad SMARTS) is 1. The van der Waals surface area contributed by atoms with Gasteiger partial charge in [-0.1, -0.05) is 6.92 Å². The smallest absolute Gasteiger partial charge is 0.339 e. The number of carbonyl (C=O) groups excluding carboxylic acids is 1. The molecule has 0 bridgehead atoms. The number of hydrogen-bond donors (Lipinski definition) is 1. The Kier molecular flexibility index (Phi) is 4.47. The zero-order chi connectivity index (χ0) is 15.6. The van der Waals surface area contributed by atoms with Crippen molar-refractivity contribution >= 4 is 23.2 Å². The Hall–Kier alpha value is -2.08. The van der Waals surface area contributed by atoms with Crippen molar-refractivity contribution in [1.29, 1.82) is 0 Å². The predicted molar refractivity (Wildman–Crippen MR) is 79.9 cm³/mol. The van der Waals surface area contributed by atoms with E-state index in [-0.39, 0.29) is 17.2 Å². The van der Waals surface area contributed by atoms with Gasteiger partial charge in [-0.05, 0) is 23.9 Å². The second-order valence-electron chi connectivity index (χ2n) is 4.79. The second kappa shape index (κ2) is 6.13. The van der Waals surface area contributed by atoms with Gasteiger partial charge in [-0.15, -0.1) is 11.3 Å². The highest BCUT2D eigenvalue weighted by Crippen LogP contribution is 2.21. The van der Waals surface area contributed by atoms with Crippen LogP contribution in [0.4, 0.5) is 0 Å². The first-order valence-corrected chi connectivity index (χ1v) is 7.46. The Balaban J connectivity index is 2.19. The molecule has 0 spiro atoms. The van der Waals surface area contributed by atoms with E-state index in [1.54, 1.807) is 25.3 Å². The first-order valence-electron chi connectivity index (χ1n) is 6.58. The summed E-state index contributed by atoms with van der Waals surface area (Å²) in [5.41, 5.74) is 1.20. The van der Waals surface area contributed by atoms with Crippen LogP contribution in [-0.2, 0) is 13.0 Å². The molecule has 0 radical (unpaired) electrons. The second-order valence-corrected chi connectivity index (χ2v) is 5.79. The molecular weight excluding hydrogens is 290 g/mol. The van der Waals surface area contributed by atoms with E-state index in [4.69, 9.17) is 9.52 Å². The van der Waals surface area contributed by atoms with Crippen molar-refractivity contribution < 1.29 is 19.1 Å². The molecule has 2 aromatic rings. The first kappa shape index (κ1) is 15.3. The van der Waals surface area contributed by atoms with Gasteiger partial charge in [-0.2, -0.15) is 0 Å². The molecule has 0 aliphatic rings. The predicted octanol–water partition coefficient (Wildman–Crippen LogP) is 3.18. The van der Waals surface area contributed by atoms with Crippen LogP contribution in [0, 0.1) is 6.92 Å². The summed E-state index contributed by atoms with van der Waals surface area (Å²) in [7, 11) is 1.68. The SMILES string of the molecule is CCc1oc(C(=O)N(C)Cc2sccc2C)cc1C(=O)O. The normalized spacial score (nSPS) is 10.6. The molecule has 2 heterocycles. The topological polar surface area (TPSA) is 70.8 Å². The lowest BCUT2D eigenvalue weighted by atomic mass is 10.2. The van der Waals surface area contributed by atoms with Crippen molar-refractivity contribution in [2.75, 3.05) is 7.05 Å². The molecule has 0 aromatic carbocycles. The summed E-state index contributed by atoms with van der Waals surface area (Å²) >= 11 is 1.59. The Bertz CT molecular complexity index is 671. The third-order valence-electron chi connectivity index (χ3n) is 3.27. The summed E-state index contributed by atoms with van der Waals surface area (Å²) < 4.78 is 5.39. The molecule has 0 aliphatic carbocycles. The van der Waals surface area contributed by atoms with Crippen molar-refractivity contribution in [2.24, 2.45) is 0 Å². The minimum atomic E-state index is -1.08. The standard InChI is InChI=1S/C15H17NO4S/c1-4-11-10(15(18)19)7-12(20-11)14(17)16(3)8-13-9(2)5-6-21-13/h5-7H,4,8H2,1-3H3,(H,18,19). The minimum Gasteiger partial charge on any atom is -0.478 e. The van der Waals surface area contributed by atoms with Crippen LogP contribution in [-0.4, -0.2) is 28.9 Å². The number of carbonyl (C=O) groups is 2. The number of aromatic carboxylic acids is 1. The van der Waals surface area contributed by atoms with Gasteiger partial charge in [0.2, 0.25) is 0 Å². The van der Waals surface area contributed by atoms with E-state index in [9.17, 15) is 9.59 Å². The maximum absolute atomic E-state index is 12.3. The molecule has 0 saturated carbocycles. The molecule has 112 valence electrons. The third-order valence-corrected chi connectivity index (χ3v) is 4.27. The summed E-state index contributed by atoms with van der Waals surface area (Å²) in [6.07, 6.45) is 0.433. The van der Waals surface area contributed by atoms with E-state index >= 15 is 0 Å². The average molecular weight is 307 g/mol. The molecule has 6 heteroatoms. The van der Waals surface area contributed by atoms with Crippen LogP contribution in [0.3, 0.4) is 0 Å². The molecule has 21 heavy (non-hydrogen) atoms. The van der Waals surface area contributed by atoms with E-state index < -0.39 is 5.97 Å². The fourth-order valence-electron chi connectivity index (χ4n) is 2.02. The molecular formula is C15H17NO4S. The molecule has 2 aromatic heterocycles. The van der Waals surface area contributed by atoms with Gasteiger partial charge in [0.25, 0.3) is 5.91 Å². The molecule has 0 saturated heterocycles.